The van der Waals surface area contributed by atoms with Crippen molar-refractivity contribution in [3.63, 3.8) is 0 Å². The molecule has 0 radical (unpaired) electrons. The number of amides is 2. The molecule has 10 nitrogen and oxygen atoms in total. The second-order valence-electron chi connectivity index (χ2n) is 15.1. The van der Waals surface area contributed by atoms with Gasteiger partial charge in [0.05, 0.1) is 30.7 Å². The monoisotopic (exact) mass is 668 g/mol. The Bertz CT molecular complexity index is 1570. The molecule has 7 rings (SSSR count). The van der Waals surface area contributed by atoms with Gasteiger partial charge in [0, 0.05) is 18.4 Å². The highest BCUT2D eigenvalue weighted by atomic mass is 19.3. The molecule has 1 saturated heterocycles. The lowest BCUT2D eigenvalue weighted by Crippen LogP contribution is -2.58. The molecule has 12 heteroatoms. The van der Waals surface area contributed by atoms with Crippen molar-refractivity contribution in [1.29, 1.82) is 0 Å². The summed E-state index contributed by atoms with van der Waals surface area (Å²) < 4.78 is 50.0. The summed E-state index contributed by atoms with van der Waals surface area (Å²) in [6.45, 7) is 3.74. The van der Waals surface area contributed by atoms with Gasteiger partial charge in [-0.25, -0.2) is 14.8 Å². The van der Waals surface area contributed by atoms with Crippen LogP contribution in [0.1, 0.15) is 90.2 Å². The highest BCUT2D eigenvalue weighted by Crippen LogP contribution is 2.58. The molecule has 1 aromatic heterocycles. The molecular weight excluding hydrogens is 622 g/mol. The summed E-state index contributed by atoms with van der Waals surface area (Å²) in [4.78, 5) is 51.0. The van der Waals surface area contributed by atoms with E-state index in [9.17, 15) is 14.4 Å². The predicted octanol–water partition coefficient (Wildman–Crippen LogP) is 6.19. The van der Waals surface area contributed by atoms with Gasteiger partial charge >= 0.3 is 6.09 Å². The lowest BCUT2D eigenvalue weighted by Gasteiger charge is -2.42. The molecule has 1 N–H and O–H groups in total. The number of nitrogens with zero attached hydrogens (tertiary/aromatic N) is 3. The van der Waals surface area contributed by atoms with E-state index >= 15 is 8.78 Å². The van der Waals surface area contributed by atoms with Crippen LogP contribution >= 0.6 is 0 Å². The molecule has 2 unspecified atom stereocenters. The van der Waals surface area contributed by atoms with Crippen LogP contribution in [0.15, 0.2) is 18.2 Å². The predicted molar refractivity (Wildman–Crippen MR) is 172 cm³/mol. The number of carbonyl (C=O) groups is 3. The number of hydrogen-bond acceptors (Lipinski definition) is 8. The fourth-order valence-corrected chi connectivity index (χ4v) is 9.01. The molecule has 2 bridgehead atoms. The summed E-state index contributed by atoms with van der Waals surface area (Å²) in [5.74, 6) is -3.09. The highest BCUT2D eigenvalue weighted by Gasteiger charge is 2.55. The van der Waals surface area contributed by atoms with Crippen LogP contribution in [0, 0.1) is 29.1 Å². The zero-order valence-electron chi connectivity index (χ0n) is 28.0. The number of aromatic nitrogens is 2. The molecular formula is C36H46F2N4O6. The average Bonchev–Trinajstić information content (AvgIpc) is 3.65. The van der Waals surface area contributed by atoms with Crippen molar-refractivity contribution in [3.8, 4) is 11.6 Å². The second-order valence-corrected chi connectivity index (χ2v) is 15.1. The van der Waals surface area contributed by atoms with Gasteiger partial charge in [-0.3, -0.25) is 4.79 Å². The Morgan fingerprint density at radius 1 is 0.979 bits per heavy atom. The Morgan fingerprint density at radius 2 is 1.75 bits per heavy atom. The Hall–Kier alpha value is -3.57. The molecule has 48 heavy (non-hydrogen) atoms. The van der Waals surface area contributed by atoms with Crippen LogP contribution in [0.4, 0.5) is 13.6 Å². The van der Waals surface area contributed by atoms with Gasteiger partial charge in [-0.2, -0.15) is 8.78 Å². The maximum absolute atomic E-state index is 16.1. The summed E-state index contributed by atoms with van der Waals surface area (Å²) in [5, 5.41) is 2.98. The number of fused-ring (bicyclic) bond motifs is 7. The number of aldehydes is 1. The van der Waals surface area contributed by atoms with Crippen LogP contribution in [-0.4, -0.2) is 71.1 Å². The summed E-state index contributed by atoms with van der Waals surface area (Å²) in [7, 11) is 1.51. The molecule has 3 heterocycles. The number of methoxy groups -OCH3 is 1. The molecule has 2 amide bonds. The van der Waals surface area contributed by atoms with Crippen LogP contribution in [0.5, 0.6) is 11.6 Å². The van der Waals surface area contributed by atoms with E-state index in [-0.39, 0.29) is 36.4 Å². The van der Waals surface area contributed by atoms with Crippen LogP contribution < -0.4 is 14.8 Å². The normalized spacial score (nSPS) is 34.7. The fourth-order valence-electron chi connectivity index (χ4n) is 9.01. The first-order valence-corrected chi connectivity index (χ1v) is 17.6. The number of ether oxygens (including phenoxy) is 3. The summed E-state index contributed by atoms with van der Waals surface area (Å²) in [5.41, 5.74) is -0.479. The topological polar surface area (TPSA) is 120 Å². The van der Waals surface area contributed by atoms with E-state index in [1.807, 2.05) is 6.92 Å². The van der Waals surface area contributed by atoms with Gasteiger partial charge in [-0.1, -0.05) is 39.5 Å². The van der Waals surface area contributed by atoms with Crippen LogP contribution in [-0.2, 0) is 20.2 Å². The van der Waals surface area contributed by atoms with E-state index in [1.54, 1.807) is 25.1 Å². The van der Waals surface area contributed by atoms with Crippen molar-refractivity contribution in [2.24, 2.45) is 29.1 Å². The minimum absolute atomic E-state index is 0.0381. The minimum atomic E-state index is -3.35. The van der Waals surface area contributed by atoms with Gasteiger partial charge < -0.3 is 29.2 Å². The van der Waals surface area contributed by atoms with Crippen molar-refractivity contribution in [3.05, 3.63) is 23.9 Å². The Kier molecular flexibility index (Phi) is 8.73. The average molecular weight is 669 g/mol. The largest absolute Gasteiger partial charge is 0.497 e. The number of alkyl carbamates (subject to hydrolysis) is 1. The molecule has 0 spiro atoms. The first kappa shape index (κ1) is 33.0. The maximum Gasteiger partial charge on any atom is 0.408 e. The van der Waals surface area contributed by atoms with Gasteiger partial charge in [0.15, 0.2) is 5.69 Å². The van der Waals surface area contributed by atoms with Crippen molar-refractivity contribution in [2.45, 2.75) is 115 Å². The summed E-state index contributed by atoms with van der Waals surface area (Å²) in [6.07, 6.45) is 6.16. The van der Waals surface area contributed by atoms with E-state index in [2.05, 4.69) is 15.3 Å². The molecule has 260 valence electrons. The fraction of sp³-hybridized carbons (Fsp3) is 0.694. The van der Waals surface area contributed by atoms with Crippen LogP contribution in [0.25, 0.3) is 11.0 Å². The molecule has 3 aliphatic carbocycles. The van der Waals surface area contributed by atoms with Gasteiger partial charge in [-0.05, 0) is 73.8 Å². The SMILES string of the molecule is COc1ccc2nc3c(nc2c1)O[C@H]1CN(C(=O)[C@H](C2(C)CCCCC2)NC(=O)O[C@@H]2CC4CC4[C@H]2CCCCC3(F)F)[C@H](C=O)[C@@H]1C. The minimum Gasteiger partial charge on any atom is -0.497 e. The number of rotatable bonds is 3. The van der Waals surface area contributed by atoms with Crippen LogP contribution in [0.2, 0.25) is 0 Å². The molecule has 2 aliphatic heterocycles. The van der Waals surface area contributed by atoms with E-state index in [1.165, 1.54) is 12.0 Å². The van der Waals surface area contributed by atoms with Gasteiger partial charge in [-0.15, -0.1) is 0 Å². The third kappa shape index (κ3) is 6.08. The Balaban J connectivity index is 1.27. The molecule has 8 atom stereocenters. The molecule has 1 aromatic carbocycles. The number of alkyl halides is 2. The maximum atomic E-state index is 16.1. The first-order valence-electron chi connectivity index (χ1n) is 17.6. The van der Waals surface area contributed by atoms with Crippen molar-refractivity contribution < 1.29 is 37.4 Å². The van der Waals surface area contributed by atoms with Gasteiger partial charge in [0.1, 0.15) is 30.3 Å². The van der Waals surface area contributed by atoms with Crippen molar-refractivity contribution in [1.82, 2.24) is 20.2 Å². The molecule has 2 aromatic rings. The number of halogens is 2. The molecule has 5 aliphatic rings. The first-order chi connectivity index (χ1) is 23.0. The summed E-state index contributed by atoms with van der Waals surface area (Å²) in [6, 6.07) is 3.05. The zero-order valence-corrected chi connectivity index (χ0v) is 28.0. The second kappa shape index (κ2) is 12.7. The van der Waals surface area contributed by atoms with Crippen molar-refractivity contribution in [2.75, 3.05) is 13.7 Å². The standard InChI is InChI=1S/C36H46F2N4O6/c1-20-27(19-43)42-18-29(20)47-32-30(39-25-11-10-22(46-3)17-26(25)40-32)36(37,38)14-8-5-9-23-24-15-21(24)16-28(23)48-34(45)41-31(33(42)44)35(2)12-6-4-7-13-35/h10-11,17,19-21,23-24,27-29,31H,4-9,12-16,18H2,1-3H3,(H,41,45)/t20-,21?,23+,24?,27+,28+,29-,31+/m0/s1. The quantitative estimate of drug-likeness (QED) is 0.385. The number of benzene rings is 1. The third-order valence-electron chi connectivity index (χ3n) is 12.0. The lowest BCUT2D eigenvalue weighted by molar-refractivity contribution is -0.140. The summed E-state index contributed by atoms with van der Waals surface area (Å²) >= 11 is 0. The van der Waals surface area contributed by atoms with E-state index in [0.29, 0.717) is 42.2 Å². The van der Waals surface area contributed by atoms with E-state index in [0.717, 1.165) is 44.9 Å². The lowest BCUT2D eigenvalue weighted by atomic mass is 9.70. The third-order valence-corrected chi connectivity index (χ3v) is 12.0. The smallest absolute Gasteiger partial charge is 0.408 e. The molecule has 4 fully saturated rings. The van der Waals surface area contributed by atoms with E-state index in [4.69, 9.17) is 14.2 Å². The van der Waals surface area contributed by atoms with Gasteiger partial charge in [0.2, 0.25) is 11.8 Å². The number of hydrogen-bond donors (Lipinski definition) is 1. The zero-order chi connectivity index (χ0) is 33.8. The van der Waals surface area contributed by atoms with Gasteiger partial charge in [0.25, 0.3) is 5.92 Å². The highest BCUT2D eigenvalue weighted by molar-refractivity contribution is 5.89. The number of carbonyl (C=O) groups excluding carboxylic acids is 3. The number of nitrogens with one attached hydrogen (secondary N) is 1. The van der Waals surface area contributed by atoms with Crippen LogP contribution in [0.3, 0.4) is 0 Å². The Morgan fingerprint density at radius 3 is 2.50 bits per heavy atom. The van der Waals surface area contributed by atoms with E-state index < -0.39 is 59.6 Å². The molecule has 3 saturated carbocycles. The Labute approximate surface area is 279 Å². The van der Waals surface area contributed by atoms with Crippen molar-refractivity contribution >= 4 is 29.3 Å².